The van der Waals surface area contributed by atoms with Crippen molar-refractivity contribution in [3.8, 4) is 0 Å². The fourth-order valence-electron chi connectivity index (χ4n) is 1.33. The van der Waals surface area contributed by atoms with Crippen LogP contribution in [-0.2, 0) is 17.1 Å². The molecule has 0 amide bonds. The van der Waals surface area contributed by atoms with Crippen molar-refractivity contribution >= 4 is 10.0 Å². The second-order valence-electron chi connectivity index (χ2n) is 3.82. The van der Waals surface area contributed by atoms with Gasteiger partial charge in [0.15, 0.2) is 5.03 Å². The van der Waals surface area contributed by atoms with Gasteiger partial charge in [0.1, 0.15) is 0 Å². The van der Waals surface area contributed by atoms with E-state index in [4.69, 9.17) is 5.73 Å². The molecule has 0 saturated carbocycles. The van der Waals surface area contributed by atoms with Gasteiger partial charge in [-0.25, -0.2) is 13.4 Å². The van der Waals surface area contributed by atoms with E-state index >= 15 is 0 Å². The number of imidazole rings is 1. The van der Waals surface area contributed by atoms with E-state index in [0.29, 0.717) is 13.0 Å². The van der Waals surface area contributed by atoms with E-state index < -0.39 is 10.0 Å². The van der Waals surface area contributed by atoms with Gasteiger partial charge in [-0.05, 0) is 19.9 Å². The number of aromatic nitrogens is 2. The van der Waals surface area contributed by atoms with Crippen LogP contribution in [0.4, 0.5) is 0 Å². The quantitative estimate of drug-likeness (QED) is 0.778. The Bertz CT molecular complexity index is 440. The van der Waals surface area contributed by atoms with Crippen LogP contribution < -0.4 is 5.73 Å². The predicted molar refractivity (Wildman–Crippen MR) is 61.3 cm³/mol. The molecule has 0 spiro atoms. The van der Waals surface area contributed by atoms with Gasteiger partial charge in [0, 0.05) is 26.3 Å². The van der Waals surface area contributed by atoms with Crippen LogP contribution in [0.5, 0.6) is 0 Å². The lowest BCUT2D eigenvalue weighted by Gasteiger charge is -2.22. The van der Waals surface area contributed by atoms with E-state index in [1.165, 1.54) is 16.8 Å². The molecule has 0 aliphatic carbocycles. The molecule has 0 aliphatic rings. The summed E-state index contributed by atoms with van der Waals surface area (Å²) in [5.74, 6) is 0. The highest BCUT2D eigenvalue weighted by Gasteiger charge is 2.26. The predicted octanol–water partition coefficient (Wildman–Crippen LogP) is -0.222. The molecule has 16 heavy (non-hydrogen) atoms. The van der Waals surface area contributed by atoms with Crippen LogP contribution in [0, 0.1) is 0 Å². The Kier molecular flexibility index (Phi) is 4.06. The van der Waals surface area contributed by atoms with Crippen LogP contribution in [0.1, 0.15) is 13.3 Å². The van der Waals surface area contributed by atoms with Crippen LogP contribution in [0.2, 0.25) is 0 Å². The highest BCUT2D eigenvalue weighted by Crippen LogP contribution is 2.15. The van der Waals surface area contributed by atoms with Gasteiger partial charge in [0.05, 0.1) is 6.33 Å². The zero-order valence-electron chi connectivity index (χ0n) is 9.79. The van der Waals surface area contributed by atoms with E-state index in [1.54, 1.807) is 18.7 Å². The Morgan fingerprint density at radius 3 is 2.69 bits per heavy atom. The lowest BCUT2D eigenvalue weighted by Crippen LogP contribution is -2.36. The number of aryl methyl sites for hydroxylation is 1. The molecule has 1 aromatic heterocycles. The molecule has 0 aliphatic heterocycles. The minimum Gasteiger partial charge on any atom is -0.339 e. The van der Waals surface area contributed by atoms with Crippen molar-refractivity contribution in [3.05, 3.63) is 12.5 Å². The zero-order valence-corrected chi connectivity index (χ0v) is 10.6. The Morgan fingerprint density at radius 2 is 2.25 bits per heavy atom. The SMILES string of the molecule is CC(CCN)N(C)S(=O)(=O)c1cn(C)cn1. The van der Waals surface area contributed by atoms with Gasteiger partial charge in [0.25, 0.3) is 10.0 Å². The van der Waals surface area contributed by atoms with E-state index in [1.807, 2.05) is 6.92 Å². The first-order chi connectivity index (χ1) is 7.39. The van der Waals surface area contributed by atoms with Crippen molar-refractivity contribution < 1.29 is 8.42 Å². The van der Waals surface area contributed by atoms with Crippen molar-refractivity contribution in [3.63, 3.8) is 0 Å². The third-order valence-corrected chi connectivity index (χ3v) is 4.39. The molecule has 0 aromatic carbocycles. The van der Waals surface area contributed by atoms with Crippen molar-refractivity contribution in [1.82, 2.24) is 13.9 Å². The monoisotopic (exact) mass is 246 g/mol. The Morgan fingerprint density at radius 1 is 1.62 bits per heavy atom. The van der Waals surface area contributed by atoms with Gasteiger partial charge in [-0.3, -0.25) is 0 Å². The summed E-state index contributed by atoms with van der Waals surface area (Å²) in [6.45, 7) is 2.29. The average Bonchev–Trinajstić information content (AvgIpc) is 2.64. The summed E-state index contributed by atoms with van der Waals surface area (Å²) in [6, 6.07) is -0.128. The van der Waals surface area contributed by atoms with Gasteiger partial charge in [-0.15, -0.1) is 0 Å². The average molecular weight is 246 g/mol. The molecular weight excluding hydrogens is 228 g/mol. The molecule has 1 atom stereocenters. The molecule has 7 heteroatoms. The summed E-state index contributed by atoms with van der Waals surface area (Å²) < 4.78 is 27.1. The minimum absolute atomic E-state index is 0.0707. The molecule has 1 aromatic rings. The summed E-state index contributed by atoms with van der Waals surface area (Å²) in [4.78, 5) is 3.85. The van der Waals surface area contributed by atoms with Crippen molar-refractivity contribution in [1.29, 1.82) is 0 Å². The smallest absolute Gasteiger partial charge is 0.262 e. The van der Waals surface area contributed by atoms with E-state index in [0.717, 1.165) is 0 Å². The van der Waals surface area contributed by atoms with Gasteiger partial charge >= 0.3 is 0 Å². The Hall–Kier alpha value is -0.920. The van der Waals surface area contributed by atoms with Crippen LogP contribution in [0.25, 0.3) is 0 Å². The largest absolute Gasteiger partial charge is 0.339 e. The van der Waals surface area contributed by atoms with Gasteiger partial charge in [0.2, 0.25) is 0 Å². The van der Waals surface area contributed by atoms with Crippen LogP contribution in [-0.4, -0.2) is 41.9 Å². The highest BCUT2D eigenvalue weighted by molar-refractivity contribution is 7.89. The second kappa shape index (κ2) is 4.94. The lowest BCUT2D eigenvalue weighted by atomic mass is 10.2. The summed E-state index contributed by atoms with van der Waals surface area (Å²) >= 11 is 0. The molecule has 2 N–H and O–H groups in total. The third-order valence-electron chi connectivity index (χ3n) is 2.53. The normalized spacial score (nSPS) is 14.3. The molecule has 1 unspecified atom stereocenters. The number of rotatable bonds is 5. The Labute approximate surface area is 96.1 Å². The number of nitrogens with two attached hydrogens (primary N) is 1. The standard InChI is InChI=1S/C9H18N4O2S/c1-8(4-5-10)13(3)16(14,15)9-6-12(2)7-11-9/h6-8H,4-5,10H2,1-3H3. The maximum Gasteiger partial charge on any atom is 0.262 e. The summed E-state index contributed by atoms with van der Waals surface area (Å²) in [5, 5.41) is 0.0707. The second-order valence-corrected chi connectivity index (χ2v) is 5.77. The lowest BCUT2D eigenvalue weighted by molar-refractivity contribution is 0.373. The van der Waals surface area contributed by atoms with Crippen molar-refractivity contribution in [2.45, 2.75) is 24.4 Å². The summed E-state index contributed by atoms with van der Waals surface area (Å²) in [6.07, 6.45) is 3.58. The molecule has 0 bridgehead atoms. The first-order valence-corrected chi connectivity index (χ1v) is 6.49. The van der Waals surface area contributed by atoms with Gasteiger partial charge in [-0.1, -0.05) is 0 Å². The van der Waals surface area contributed by atoms with Crippen LogP contribution >= 0.6 is 0 Å². The minimum atomic E-state index is -3.49. The van der Waals surface area contributed by atoms with Crippen LogP contribution in [0.15, 0.2) is 17.6 Å². The van der Waals surface area contributed by atoms with Gasteiger partial charge < -0.3 is 10.3 Å². The third kappa shape index (κ3) is 2.60. The van der Waals surface area contributed by atoms with E-state index in [9.17, 15) is 8.42 Å². The maximum absolute atomic E-state index is 12.1. The summed E-state index contributed by atoms with van der Waals surface area (Å²) in [5.41, 5.74) is 5.41. The fraction of sp³-hybridized carbons (Fsp3) is 0.667. The molecular formula is C9H18N4O2S. The molecule has 0 saturated heterocycles. The van der Waals surface area contributed by atoms with E-state index in [2.05, 4.69) is 4.98 Å². The number of sulfonamides is 1. The van der Waals surface area contributed by atoms with Gasteiger partial charge in [-0.2, -0.15) is 4.31 Å². The summed E-state index contributed by atoms with van der Waals surface area (Å²) in [7, 11) is -0.216. The maximum atomic E-state index is 12.1. The van der Waals surface area contributed by atoms with E-state index in [-0.39, 0.29) is 11.1 Å². The molecule has 1 heterocycles. The fourth-order valence-corrected chi connectivity index (χ4v) is 2.68. The topological polar surface area (TPSA) is 81.2 Å². The number of nitrogens with zero attached hydrogens (tertiary/aromatic N) is 3. The number of hydrogen-bond donors (Lipinski definition) is 1. The molecule has 0 fully saturated rings. The highest BCUT2D eigenvalue weighted by atomic mass is 32.2. The first kappa shape index (κ1) is 13.1. The molecule has 1 rings (SSSR count). The molecule has 0 radical (unpaired) electrons. The van der Waals surface area contributed by atoms with Crippen molar-refractivity contribution in [2.24, 2.45) is 12.8 Å². The zero-order chi connectivity index (χ0) is 12.3. The molecule has 92 valence electrons. The van der Waals surface area contributed by atoms with Crippen LogP contribution in [0.3, 0.4) is 0 Å². The Balaban J connectivity index is 2.94. The van der Waals surface area contributed by atoms with Crippen molar-refractivity contribution in [2.75, 3.05) is 13.6 Å². The number of hydrogen-bond acceptors (Lipinski definition) is 4. The molecule has 6 nitrogen and oxygen atoms in total. The first-order valence-electron chi connectivity index (χ1n) is 5.05.